The highest BCUT2D eigenvalue weighted by molar-refractivity contribution is 7.90. The lowest BCUT2D eigenvalue weighted by Crippen LogP contribution is -2.49. The van der Waals surface area contributed by atoms with Crippen LogP contribution in [0.4, 0.5) is 11.4 Å². The van der Waals surface area contributed by atoms with Crippen molar-refractivity contribution >= 4 is 66.4 Å². The molecular formula is C74H84Cl2N6O10S2. The summed E-state index contributed by atoms with van der Waals surface area (Å²) in [5.41, 5.74) is 6.94. The number of anilines is 2. The fourth-order valence-corrected chi connectivity index (χ4v) is 18.3. The zero-order valence-electron chi connectivity index (χ0n) is 53.0. The number of hydrogen-bond donors (Lipinski definition) is 4. The number of benzene rings is 4. The number of sulfonamides is 2. The van der Waals surface area contributed by atoms with Crippen molar-refractivity contribution < 1.29 is 46.1 Å². The molecule has 2 saturated carbocycles. The number of aromatic nitrogens is 2. The minimum absolute atomic E-state index is 0.101. The van der Waals surface area contributed by atoms with E-state index in [1.54, 1.807) is 109 Å². The van der Waals surface area contributed by atoms with E-state index >= 15 is 0 Å². The molecule has 2 aromatic heterocycles. The quantitative estimate of drug-likeness (QED) is 0.0465. The number of halogens is 2. The fraction of sp³-hybridized carbons (Fsp3) is 0.405. The Morgan fingerprint density at radius 2 is 1.02 bits per heavy atom. The molecule has 6 aliphatic rings. The lowest BCUT2D eigenvalue weighted by atomic mass is 9.68. The minimum atomic E-state index is -4.13. The Hall–Kier alpha value is -7.32. The van der Waals surface area contributed by atoms with Gasteiger partial charge in [-0.15, -0.1) is 26.3 Å². The van der Waals surface area contributed by atoms with Crippen molar-refractivity contribution in [3.8, 4) is 11.5 Å². The summed E-state index contributed by atoms with van der Waals surface area (Å²) < 4.78 is 72.2. The molecule has 94 heavy (non-hydrogen) atoms. The van der Waals surface area contributed by atoms with Crippen molar-refractivity contribution in [2.24, 2.45) is 23.7 Å². The van der Waals surface area contributed by atoms with E-state index in [2.05, 4.69) is 79.8 Å². The molecule has 4 heterocycles. The van der Waals surface area contributed by atoms with Crippen LogP contribution in [0.25, 0.3) is 0 Å². The predicted octanol–water partition coefficient (Wildman–Crippen LogP) is 13.1. The van der Waals surface area contributed by atoms with Gasteiger partial charge in [-0.2, -0.15) is 0 Å². The molecule has 2 fully saturated rings. The van der Waals surface area contributed by atoms with Crippen LogP contribution in [0.1, 0.15) is 142 Å². The molecule has 2 aliphatic heterocycles. The maximum atomic E-state index is 13.7. The first-order chi connectivity index (χ1) is 45.3. The van der Waals surface area contributed by atoms with Crippen LogP contribution in [-0.2, 0) is 43.7 Å². The lowest BCUT2D eigenvalue weighted by Gasteiger charge is -2.45. The van der Waals surface area contributed by atoms with Crippen LogP contribution in [0.3, 0.4) is 0 Å². The van der Waals surface area contributed by atoms with E-state index in [0.29, 0.717) is 85.2 Å². The molecular weight excluding hydrogens is 1270 g/mol. The lowest BCUT2D eigenvalue weighted by molar-refractivity contribution is 0.0458. The zero-order chi connectivity index (χ0) is 66.4. The number of aliphatic hydroxyl groups is 2. The number of fused-ring (bicyclic) bond motifs is 6. The minimum Gasteiger partial charge on any atom is -0.490 e. The molecule has 2 amide bonds. The van der Waals surface area contributed by atoms with Gasteiger partial charge in [-0.3, -0.25) is 19.6 Å². The van der Waals surface area contributed by atoms with Gasteiger partial charge in [0.2, 0.25) is 20.0 Å². The summed E-state index contributed by atoms with van der Waals surface area (Å²) in [7, 11) is -8.27. The second kappa shape index (κ2) is 29.4. The van der Waals surface area contributed by atoms with Crippen LogP contribution in [0.15, 0.2) is 172 Å². The Bertz CT molecular complexity index is 3760. The summed E-state index contributed by atoms with van der Waals surface area (Å²) in [5.74, 6) is 0.496. The van der Waals surface area contributed by atoms with Crippen molar-refractivity contribution in [3.63, 3.8) is 0 Å². The third kappa shape index (κ3) is 14.7. The molecule has 16 nitrogen and oxygen atoms in total. The van der Waals surface area contributed by atoms with Crippen molar-refractivity contribution in [1.82, 2.24) is 19.4 Å². The first kappa shape index (κ1) is 68.1. The van der Waals surface area contributed by atoms with E-state index in [0.717, 1.165) is 75.6 Å². The van der Waals surface area contributed by atoms with E-state index in [1.807, 2.05) is 12.1 Å². The molecule has 4 aromatic carbocycles. The summed E-state index contributed by atoms with van der Waals surface area (Å²) >= 11 is 12.8. The maximum Gasteiger partial charge on any atom is 0.264 e. The van der Waals surface area contributed by atoms with Gasteiger partial charge in [-0.25, -0.2) is 26.3 Å². The van der Waals surface area contributed by atoms with Crippen LogP contribution in [0.2, 0.25) is 10.0 Å². The third-order valence-corrected chi connectivity index (χ3v) is 24.2. The Kier molecular flexibility index (Phi) is 21.3. The first-order valence-electron chi connectivity index (χ1n) is 32.7. The Morgan fingerprint density at radius 1 is 0.596 bits per heavy atom. The molecule has 20 heteroatoms. The molecule has 0 bridgehead atoms. The van der Waals surface area contributed by atoms with Gasteiger partial charge in [0.05, 0.1) is 48.2 Å². The highest BCUT2D eigenvalue weighted by atomic mass is 35.5. The van der Waals surface area contributed by atoms with Gasteiger partial charge >= 0.3 is 0 Å². The topological polar surface area (TPSA) is 218 Å². The molecule has 0 unspecified atom stereocenters. The number of rotatable bonds is 22. The summed E-state index contributed by atoms with van der Waals surface area (Å²) in [5, 5.41) is 20.7. The zero-order valence-corrected chi connectivity index (χ0v) is 56.1. The van der Waals surface area contributed by atoms with Gasteiger partial charge in [0.1, 0.15) is 22.0 Å². The largest absolute Gasteiger partial charge is 0.490 e. The van der Waals surface area contributed by atoms with Crippen LogP contribution in [0, 0.1) is 23.7 Å². The number of nitrogens with zero attached hydrogens (tertiary/aromatic N) is 4. The van der Waals surface area contributed by atoms with Gasteiger partial charge < -0.3 is 29.5 Å². The average molecular weight is 1350 g/mol. The predicted molar refractivity (Wildman–Crippen MR) is 371 cm³/mol. The highest BCUT2D eigenvalue weighted by Gasteiger charge is 2.47. The number of pyridine rings is 2. The second-order valence-corrected chi connectivity index (χ2v) is 30.8. The van der Waals surface area contributed by atoms with Crippen molar-refractivity contribution in [3.05, 3.63) is 227 Å². The molecule has 496 valence electrons. The SMILES string of the molecule is C=CCC[C@@H](c1ccccn1)S(=O)(=O)NC(=O)c1ccc2c(c1)N(C[C@@H]1CC[C@H]1[C@@H](O)C=C)C[C@@]1(CCCc3cc(Cl)ccc31)CO2.C=CCC[C@H](c1ccccn1)S(=O)(=O)NC(=O)c1ccc2c(c1)N(C[C@@H]1CC[C@H]1[C@@H](O)C=C)C[C@@]1(CCCc3cc(Cl)ccc31)CO2. The smallest absolute Gasteiger partial charge is 0.264 e. The second-order valence-electron chi connectivity index (χ2n) is 26.2. The average Bonchev–Trinajstić information content (AvgIpc) is 1.50. The van der Waals surface area contributed by atoms with Gasteiger partial charge in [0.25, 0.3) is 11.8 Å². The molecule has 12 rings (SSSR count). The highest BCUT2D eigenvalue weighted by Crippen LogP contribution is 2.49. The Morgan fingerprint density at radius 3 is 1.38 bits per heavy atom. The summed E-state index contributed by atoms with van der Waals surface area (Å²) in [6, 6.07) is 32.7. The van der Waals surface area contributed by atoms with E-state index < -0.39 is 54.6 Å². The number of aryl methyl sites for hydroxylation is 2. The van der Waals surface area contributed by atoms with Gasteiger partial charge in [0.15, 0.2) is 0 Å². The molecule has 0 saturated heterocycles. The number of allylic oxidation sites excluding steroid dienone is 2. The van der Waals surface area contributed by atoms with Crippen LogP contribution >= 0.6 is 23.2 Å². The third-order valence-electron chi connectivity index (χ3n) is 20.3. The summed E-state index contributed by atoms with van der Waals surface area (Å²) in [6.45, 7) is 18.6. The Labute approximate surface area is 563 Å². The Balaban J connectivity index is 0.000000192. The van der Waals surface area contributed by atoms with Crippen LogP contribution < -0.4 is 28.7 Å². The van der Waals surface area contributed by atoms with E-state index in [9.17, 15) is 36.6 Å². The number of ether oxygens (including phenoxy) is 2. The van der Waals surface area contributed by atoms with E-state index in [-0.39, 0.29) is 58.5 Å². The van der Waals surface area contributed by atoms with Gasteiger partial charge in [-0.05, 0) is 221 Å². The summed E-state index contributed by atoms with van der Waals surface area (Å²) in [6.07, 6.45) is 19.3. The molecule has 2 spiro atoms. The number of carbonyl (C=O) groups is 2. The molecule has 6 aromatic rings. The fourth-order valence-electron chi connectivity index (χ4n) is 15.1. The monoisotopic (exact) mass is 1350 g/mol. The van der Waals surface area contributed by atoms with Crippen molar-refractivity contribution in [1.29, 1.82) is 0 Å². The number of carbonyl (C=O) groups excluding carboxylic acids is 2. The number of amides is 2. The molecule has 0 radical (unpaired) electrons. The van der Waals surface area contributed by atoms with Crippen LogP contribution in [-0.4, -0.2) is 100 Å². The maximum absolute atomic E-state index is 13.7. The van der Waals surface area contributed by atoms with Crippen LogP contribution in [0.5, 0.6) is 11.5 Å². The molecule has 10 atom stereocenters. The van der Waals surface area contributed by atoms with E-state index in [4.69, 9.17) is 32.7 Å². The molecule has 4 N–H and O–H groups in total. The number of aliphatic hydroxyl groups excluding tert-OH is 2. The summed E-state index contributed by atoms with van der Waals surface area (Å²) in [4.78, 5) is 40.4. The van der Waals surface area contributed by atoms with Gasteiger partial charge in [0, 0.05) is 70.6 Å². The van der Waals surface area contributed by atoms with E-state index in [1.165, 1.54) is 22.3 Å². The first-order valence-corrected chi connectivity index (χ1v) is 36.5. The number of nitrogens with one attached hydrogen (secondary N) is 2. The van der Waals surface area contributed by atoms with Crippen molar-refractivity contribution in [2.45, 2.75) is 123 Å². The normalized spacial score (nSPS) is 23.2. The standard InChI is InChI=1S/2C37H42ClN3O5S/c2*1-3-5-11-35(31-10-6-7-19-39-31)47(44,45)40-36(43)26-13-17-34-32(21-26)41(22-27-12-15-29(27)33(42)4-2)23-37(24-46-34)18-8-9-25-20-28(38)14-16-30(25)37/h2*3-4,6-7,10,13-14,16-17,19-21,27,29,33,35,42H,1-2,5,8-9,11-12,15,18,22-24H2,(H,40,43)/t27-,29+,33-,35+,37-;27-,29+,33-,35-,37-/m00/s1. The number of hydrogen-bond acceptors (Lipinski definition) is 14. The molecule has 4 aliphatic carbocycles. The van der Waals surface area contributed by atoms with Gasteiger partial charge in [-0.1, -0.05) is 71.8 Å². The van der Waals surface area contributed by atoms with Crippen molar-refractivity contribution in [2.75, 3.05) is 49.2 Å².